The molecule has 0 radical (unpaired) electrons. The highest BCUT2D eigenvalue weighted by Gasteiger charge is 2.20. The minimum Gasteiger partial charge on any atom is -0.355 e. The summed E-state index contributed by atoms with van der Waals surface area (Å²) in [5.41, 5.74) is 1.20. The van der Waals surface area contributed by atoms with Gasteiger partial charge in [-0.25, -0.2) is 0 Å². The molecular weight excluding hydrogens is 276 g/mol. The molecule has 0 heterocycles. The van der Waals surface area contributed by atoms with Gasteiger partial charge in [-0.3, -0.25) is 9.59 Å². The standard InChI is InChI=1S/C15H21ClN2O2/c1-10-5-6-11(16)9-12(10)18-13(19)7-8-17-14(20)15(2,3)4/h5-6,9H,7-8H2,1-4H3,(H,17,20)(H,18,19). The Morgan fingerprint density at radius 1 is 1.25 bits per heavy atom. The summed E-state index contributed by atoms with van der Waals surface area (Å²) < 4.78 is 0. The van der Waals surface area contributed by atoms with Crippen molar-refractivity contribution in [3.63, 3.8) is 0 Å². The van der Waals surface area contributed by atoms with E-state index in [0.717, 1.165) is 5.56 Å². The molecule has 1 rings (SSSR count). The molecule has 0 aliphatic carbocycles. The van der Waals surface area contributed by atoms with E-state index in [4.69, 9.17) is 11.6 Å². The van der Waals surface area contributed by atoms with Crippen molar-refractivity contribution in [1.82, 2.24) is 5.32 Å². The van der Waals surface area contributed by atoms with Crippen LogP contribution in [0.2, 0.25) is 5.02 Å². The summed E-state index contributed by atoms with van der Waals surface area (Å²) in [5.74, 6) is -0.214. The topological polar surface area (TPSA) is 58.2 Å². The van der Waals surface area contributed by atoms with Gasteiger partial charge in [0.25, 0.3) is 0 Å². The summed E-state index contributed by atoms with van der Waals surface area (Å²) >= 11 is 5.89. The summed E-state index contributed by atoms with van der Waals surface area (Å²) in [7, 11) is 0. The Morgan fingerprint density at radius 3 is 2.50 bits per heavy atom. The van der Waals surface area contributed by atoms with Crippen molar-refractivity contribution in [2.24, 2.45) is 5.41 Å². The van der Waals surface area contributed by atoms with Crippen LogP contribution in [0.3, 0.4) is 0 Å². The van der Waals surface area contributed by atoms with E-state index in [9.17, 15) is 9.59 Å². The van der Waals surface area contributed by atoms with Crippen molar-refractivity contribution >= 4 is 29.1 Å². The quantitative estimate of drug-likeness (QED) is 0.897. The number of rotatable bonds is 4. The predicted molar refractivity (Wildman–Crippen MR) is 81.9 cm³/mol. The molecule has 1 aromatic carbocycles. The predicted octanol–water partition coefficient (Wildman–Crippen LogP) is 3.14. The first kappa shape index (κ1) is 16.5. The summed E-state index contributed by atoms with van der Waals surface area (Å²) in [6.45, 7) is 7.71. The average Bonchev–Trinajstić information content (AvgIpc) is 2.32. The van der Waals surface area contributed by atoms with Crippen LogP contribution in [0.5, 0.6) is 0 Å². The molecule has 4 nitrogen and oxygen atoms in total. The molecule has 2 amide bonds. The van der Waals surface area contributed by atoms with Gasteiger partial charge in [-0.1, -0.05) is 38.4 Å². The molecule has 0 saturated heterocycles. The van der Waals surface area contributed by atoms with Crippen molar-refractivity contribution in [2.45, 2.75) is 34.1 Å². The van der Waals surface area contributed by atoms with E-state index in [1.165, 1.54) is 0 Å². The third kappa shape index (κ3) is 5.21. The first-order valence-electron chi connectivity index (χ1n) is 6.54. The second-order valence-corrected chi connectivity index (χ2v) is 6.20. The van der Waals surface area contributed by atoms with Crippen molar-refractivity contribution in [2.75, 3.05) is 11.9 Å². The van der Waals surface area contributed by atoms with Gasteiger partial charge in [0.05, 0.1) is 0 Å². The minimum atomic E-state index is -0.444. The van der Waals surface area contributed by atoms with Crippen LogP contribution in [0.4, 0.5) is 5.69 Å². The number of nitrogens with one attached hydrogen (secondary N) is 2. The summed E-state index contributed by atoms with van der Waals surface area (Å²) in [6, 6.07) is 5.33. The lowest BCUT2D eigenvalue weighted by molar-refractivity contribution is -0.128. The normalized spacial score (nSPS) is 11.1. The summed E-state index contributed by atoms with van der Waals surface area (Å²) in [6.07, 6.45) is 0.230. The van der Waals surface area contributed by atoms with E-state index in [1.54, 1.807) is 12.1 Å². The molecule has 0 spiro atoms. The molecule has 5 heteroatoms. The summed E-state index contributed by atoms with van der Waals surface area (Å²) in [5, 5.41) is 6.10. The summed E-state index contributed by atoms with van der Waals surface area (Å²) in [4.78, 5) is 23.4. The van der Waals surface area contributed by atoms with Crippen molar-refractivity contribution in [3.8, 4) is 0 Å². The highest BCUT2D eigenvalue weighted by molar-refractivity contribution is 6.31. The first-order valence-corrected chi connectivity index (χ1v) is 6.92. The largest absolute Gasteiger partial charge is 0.355 e. The molecule has 0 aliphatic rings. The van der Waals surface area contributed by atoms with Crippen LogP contribution in [0.1, 0.15) is 32.8 Å². The monoisotopic (exact) mass is 296 g/mol. The maximum Gasteiger partial charge on any atom is 0.226 e. The van der Waals surface area contributed by atoms with Gasteiger partial charge in [-0.05, 0) is 24.6 Å². The zero-order chi connectivity index (χ0) is 15.3. The Bertz CT molecular complexity index is 507. The molecule has 0 aliphatic heterocycles. The van der Waals surface area contributed by atoms with Gasteiger partial charge in [0.1, 0.15) is 0 Å². The van der Waals surface area contributed by atoms with Crippen molar-refractivity contribution in [3.05, 3.63) is 28.8 Å². The minimum absolute atomic E-state index is 0.0655. The molecule has 0 fully saturated rings. The van der Waals surface area contributed by atoms with E-state index in [-0.39, 0.29) is 18.2 Å². The molecule has 110 valence electrons. The fourth-order valence-corrected chi connectivity index (χ4v) is 1.67. The third-order valence-electron chi connectivity index (χ3n) is 2.79. The van der Waals surface area contributed by atoms with Gasteiger partial charge in [-0.15, -0.1) is 0 Å². The molecule has 0 atom stereocenters. The Labute approximate surface area is 124 Å². The number of amides is 2. The van der Waals surface area contributed by atoms with Crippen LogP contribution in [-0.4, -0.2) is 18.4 Å². The van der Waals surface area contributed by atoms with E-state index < -0.39 is 5.41 Å². The average molecular weight is 297 g/mol. The van der Waals surface area contributed by atoms with Gasteiger partial charge in [0, 0.05) is 29.1 Å². The smallest absolute Gasteiger partial charge is 0.226 e. The maximum atomic E-state index is 11.8. The highest BCUT2D eigenvalue weighted by Crippen LogP contribution is 2.20. The van der Waals surface area contributed by atoms with Crippen LogP contribution in [-0.2, 0) is 9.59 Å². The van der Waals surface area contributed by atoms with Gasteiger partial charge in [0.2, 0.25) is 11.8 Å². The Morgan fingerprint density at radius 2 is 1.90 bits per heavy atom. The lowest BCUT2D eigenvalue weighted by Crippen LogP contribution is -2.36. The zero-order valence-electron chi connectivity index (χ0n) is 12.3. The lowest BCUT2D eigenvalue weighted by Gasteiger charge is -2.17. The van der Waals surface area contributed by atoms with Crippen LogP contribution >= 0.6 is 11.6 Å². The number of aryl methyl sites for hydroxylation is 1. The Balaban J connectivity index is 2.45. The van der Waals surface area contributed by atoms with Gasteiger partial charge < -0.3 is 10.6 Å². The van der Waals surface area contributed by atoms with Crippen LogP contribution in [0, 0.1) is 12.3 Å². The molecule has 2 N–H and O–H groups in total. The van der Waals surface area contributed by atoms with E-state index in [0.29, 0.717) is 17.3 Å². The van der Waals surface area contributed by atoms with Crippen LogP contribution < -0.4 is 10.6 Å². The van der Waals surface area contributed by atoms with Crippen molar-refractivity contribution in [1.29, 1.82) is 0 Å². The van der Waals surface area contributed by atoms with Gasteiger partial charge in [0.15, 0.2) is 0 Å². The number of benzene rings is 1. The first-order chi connectivity index (χ1) is 9.20. The third-order valence-corrected chi connectivity index (χ3v) is 3.03. The Kier molecular flexibility index (Phi) is 5.57. The number of carbonyl (C=O) groups is 2. The van der Waals surface area contributed by atoms with E-state index in [1.807, 2.05) is 33.8 Å². The van der Waals surface area contributed by atoms with Crippen molar-refractivity contribution < 1.29 is 9.59 Å². The Hall–Kier alpha value is -1.55. The molecule has 0 bridgehead atoms. The molecule has 0 aromatic heterocycles. The SMILES string of the molecule is Cc1ccc(Cl)cc1NC(=O)CCNC(=O)C(C)(C)C. The number of hydrogen-bond donors (Lipinski definition) is 2. The van der Waals surface area contributed by atoms with Crippen LogP contribution in [0.25, 0.3) is 0 Å². The van der Waals surface area contributed by atoms with E-state index in [2.05, 4.69) is 10.6 Å². The molecule has 0 saturated carbocycles. The van der Waals surface area contributed by atoms with E-state index >= 15 is 0 Å². The molecule has 0 unspecified atom stereocenters. The van der Waals surface area contributed by atoms with Crippen LogP contribution in [0.15, 0.2) is 18.2 Å². The van der Waals surface area contributed by atoms with Gasteiger partial charge in [-0.2, -0.15) is 0 Å². The molecule has 20 heavy (non-hydrogen) atoms. The fourth-order valence-electron chi connectivity index (χ4n) is 1.50. The second kappa shape index (κ2) is 6.75. The molecular formula is C15H21ClN2O2. The number of halogens is 1. The number of anilines is 1. The van der Waals surface area contributed by atoms with Gasteiger partial charge >= 0.3 is 0 Å². The molecule has 1 aromatic rings. The fraction of sp³-hybridized carbons (Fsp3) is 0.467. The lowest BCUT2D eigenvalue weighted by atomic mass is 9.96. The second-order valence-electron chi connectivity index (χ2n) is 5.76. The number of carbonyl (C=O) groups excluding carboxylic acids is 2. The maximum absolute atomic E-state index is 11.8. The zero-order valence-corrected chi connectivity index (χ0v) is 13.1. The number of hydrogen-bond acceptors (Lipinski definition) is 2. The highest BCUT2D eigenvalue weighted by atomic mass is 35.5.